The Labute approximate surface area is 160 Å². The number of nitro groups is 1. The molecule has 0 radical (unpaired) electrons. The maximum absolute atomic E-state index is 12.5. The maximum Gasteiger partial charge on any atom is 0.282 e. The Morgan fingerprint density at radius 3 is 2.59 bits per heavy atom. The van der Waals surface area contributed by atoms with Crippen LogP contribution in [0.4, 0.5) is 5.69 Å². The summed E-state index contributed by atoms with van der Waals surface area (Å²) in [6.45, 7) is 3.97. The number of rotatable bonds is 5. The lowest BCUT2D eigenvalue weighted by atomic mass is 10.1. The summed E-state index contributed by atoms with van der Waals surface area (Å²) in [6, 6.07) is 13.6. The number of nitro benzene ring substituents is 1. The first-order chi connectivity index (χ1) is 12.9. The van der Waals surface area contributed by atoms with Gasteiger partial charge in [0.15, 0.2) is 0 Å². The molecule has 0 unspecified atom stereocenters. The predicted molar refractivity (Wildman–Crippen MR) is 102 cm³/mol. The van der Waals surface area contributed by atoms with Crippen molar-refractivity contribution >= 4 is 23.2 Å². The van der Waals surface area contributed by atoms with E-state index >= 15 is 0 Å². The second kappa shape index (κ2) is 7.59. The van der Waals surface area contributed by atoms with Crippen molar-refractivity contribution in [3.63, 3.8) is 0 Å². The molecular formula is C19H17ClN4O3. The summed E-state index contributed by atoms with van der Waals surface area (Å²) in [4.78, 5) is 23.0. The molecule has 1 N–H and O–H groups in total. The number of hydrogen-bond donors (Lipinski definition) is 1. The number of aryl methyl sites for hydroxylation is 1. The number of amides is 1. The smallest absolute Gasteiger partial charge is 0.282 e. The van der Waals surface area contributed by atoms with Crippen molar-refractivity contribution in [1.29, 1.82) is 0 Å². The summed E-state index contributed by atoms with van der Waals surface area (Å²) in [5.74, 6) is -0.560. The summed E-state index contributed by atoms with van der Waals surface area (Å²) in [5, 5.41) is 18.7. The molecule has 0 atom stereocenters. The van der Waals surface area contributed by atoms with Crippen LogP contribution in [0.15, 0.2) is 48.5 Å². The van der Waals surface area contributed by atoms with E-state index in [1.165, 1.54) is 18.2 Å². The Morgan fingerprint density at radius 2 is 1.93 bits per heavy atom. The van der Waals surface area contributed by atoms with Gasteiger partial charge in [-0.1, -0.05) is 29.8 Å². The monoisotopic (exact) mass is 384 g/mol. The normalized spacial score (nSPS) is 10.6. The molecule has 0 spiro atoms. The van der Waals surface area contributed by atoms with E-state index in [0.29, 0.717) is 0 Å². The zero-order valence-electron chi connectivity index (χ0n) is 14.8. The highest BCUT2D eigenvalue weighted by atomic mass is 35.5. The number of hydrogen-bond acceptors (Lipinski definition) is 4. The molecule has 0 fully saturated rings. The maximum atomic E-state index is 12.5. The molecule has 1 amide bonds. The molecule has 0 bridgehead atoms. The van der Waals surface area contributed by atoms with Crippen LogP contribution in [0.1, 0.15) is 27.3 Å². The SMILES string of the molecule is Cc1nn(-c2ccccc2)c(C)c1CNC(=O)c1cc(Cl)ccc1[N+](=O)[O-]. The fourth-order valence-electron chi connectivity index (χ4n) is 2.86. The fraction of sp³-hybridized carbons (Fsp3) is 0.158. The summed E-state index contributed by atoms with van der Waals surface area (Å²) in [5.41, 5.74) is 3.08. The molecule has 0 aliphatic rings. The summed E-state index contributed by atoms with van der Waals surface area (Å²) >= 11 is 5.89. The van der Waals surface area contributed by atoms with E-state index in [1.807, 2.05) is 44.2 Å². The van der Waals surface area contributed by atoms with Gasteiger partial charge in [-0.3, -0.25) is 14.9 Å². The minimum Gasteiger partial charge on any atom is -0.348 e. The second-order valence-electron chi connectivity index (χ2n) is 6.00. The average molecular weight is 385 g/mol. The number of halogens is 1. The van der Waals surface area contributed by atoms with Crippen LogP contribution in [-0.2, 0) is 6.54 Å². The van der Waals surface area contributed by atoms with Gasteiger partial charge in [-0.15, -0.1) is 0 Å². The molecule has 138 valence electrons. The summed E-state index contributed by atoms with van der Waals surface area (Å²) < 4.78 is 1.80. The molecule has 1 aromatic heterocycles. The first-order valence-corrected chi connectivity index (χ1v) is 8.59. The zero-order valence-corrected chi connectivity index (χ0v) is 15.5. The van der Waals surface area contributed by atoms with E-state index < -0.39 is 10.8 Å². The molecule has 8 heteroatoms. The minimum absolute atomic E-state index is 0.0711. The van der Waals surface area contributed by atoms with Gasteiger partial charge in [0.2, 0.25) is 0 Å². The standard InChI is InChI=1S/C19H17ClN4O3/c1-12-17(13(2)23(22-12)15-6-4-3-5-7-15)11-21-19(25)16-10-14(20)8-9-18(16)24(26)27/h3-10H,11H2,1-2H3,(H,21,25). The Hall–Kier alpha value is -3.19. The van der Waals surface area contributed by atoms with Crippen LogP contribution in [0.3, 0.4) is 0 Å². The van der Waals surface area contributed by atoms with Crippen LogP contribution in [0.5, 0.6) is 0 Å². The van der Waals surface area contributed by atoms with Gasteiger partial charge in [-0.05, 0) is 38.1 Å². The Balaban J connectivity index is 1.84. The molecule has 3 rings (SSSR count). The van der Waals surface area contributed by atoms with E-state index in [0.717, 1.165) is 22.6 Å². The van der Waals surface area contributed by atoms with Crippen molar-refractivity contribution in [2.45, 2.75) is 20.4 Å². The predicted octanol–water partition coefficient (Wildman–Crippen LogP) is 3.98. The van der Waals surface area contributed by atoms with E-state index in [9.17, 15) is 14.9 Å². The summed E-state index contributed by atoms with van der Waals surface area (Å²) in [7, 11) is 0. The largest absolute Gasteiger partial charge is 0.348 e. The lowest BCUT2D eigenvalue weighted by Gasteiger charge is -2.08. The van der Waals surface area contributed by atoms with Crippen LogP contribution in [0.25, 0.3) is 5.69 Å². The first-order valence-electron chi connectivity index (χ1n) is 8.21. The van der Waals surface area contributed by atoms with Gasteiger partial charge in [0.05, 0.1) is 16.3 Å². The van der Waals surface area contributed by atoms with Crippen LogP contribution in [-0.4, -0.2) is 20.6 Å². The van der Waals surface area contributed by atoms with Crippen molar-refractivity contribution in [2.24, 2.45) is 0 Å². The van der Waals surface area contributed by atoms with Crippen molar-refractivity contribution in [3.8, 4) is 5.69 Å². The molecule has 27 heavy (non-hydrogen) atoms. The minimum atomic E-state index is -0.602. The van der Waals surface area contributed by atoms with Crippen LogP contribution >= 0.6 is 11.6 Å². The van der Waals surface area contributed by atoms with Crippen LogP contribution in [0.2, 0.25) is 5.02 Å². The highest BCUT2D eigenvalue weighted by molar-refractivity contribution is 6.31. The molecule has 1 heterocycles. The van der Waals surface area contributed by atoms with Gasteiger partial charge >= 0.3 is 0 Å². The van der Waals surface area contributed by atoms with E-state index in [4.69, 9.17) is 11.6 Å². The highest BCUT2D eigenvalue weighted by Gasteiger charge is 2.21. The van der Waals surface area contributed by atoms with E-state index in [1.54, 1.807) is 4.68 Å². The van der Waals surface area contributed by atoms with Gasteiger partial charge in [-0.2, -0.15) is 5.10 Å². The van der Waals surface area contributed by atoms with Gasteiger partial charge in [0, 0.05) is 28.9 Å². The molecule has 0 saturated heterocycles. The summed E-state index contributed by atoms with van der Waals surface area (Å²) in [6.07, 6.45) is 0. The van der Waals surface area contributed by atoms with Crippen molar-refractivity contribution in [2.75, 3.05) is 0 Å². The molecule has 0 aliphatic heterocycles. The number of benzene rings is 2. The lowest BCUT2D eigenvalue weighted by molar-refractivity contribution is -0.385. The third kappa shape index (κ3) is 3.83. The van der Waals surface area contributed by atoms with E-state index in [-0.39, 0.29) is 22.8 Å². The number of carbonyl (C=O) groups is 1. The van der Waals surface area contributed by atoms with Gasteiger partial charge in [0.25, 0.3) is 11.6 Å². The topological polar surface area (TPSA) is 90.1 Å². The van der Waals surface area contributed by atoms with Crippen molar-refractivity contribution < 1.29 is 9.72 Å². The average Bonchev–Trinajstić information content (AvgIpc) is 2.94. The third-order valence-electron chi connectivity index (χ3n) is 4.27. The van der Waals surface area contributed by atoms with Crippen molar-refractivity contribution in [1.82, 2.24) is 15.1 Å². The van der Waals surface area contributed by atoms with E-state index in [2.05, 4.69) is 10.4 Å². The number of aromatic nitrogens is 2. The number of nitrogens with one attached hydrogen (secondary N) is 1. The quantitative estimate of drug-likeness (QED) is 0.532. The van der Waals surface area contributed by atoms with Crippen molar-refractivity contribution in [3.05, 3.63) is 86.2 Å². The number of para-hydroxylation sites is 1. The Morgan fingerprint density at radius 1 is 1.22 bits per heavy atom. The highest BCUT2D eigenvalue weighted by Crippen LogP contribution is 2.23. The van der Waals surface area contributed by atoms with Crippen LogP contribution < -0.4 is 5.32 Å². The molecule has 2 aromatic carbocycles. The lowest BCUT2D eigenvalue weighted by Crippen LogP contribution is -2.24. The Kier molecular flexibility index (Phi) is 5.23. The second-order valence-corrected chi connectivity index (χ2v) is 6.43. The van der Waals surface area contributed by atoms with Gasteiger partial charge in [0.1, 0.15) is 5.56 Å². The third-order valence-corrected chi connectivity index (χ3v) is 4.50. The fourth-order valence-corrected chi connectivity index (χ4v) is 3.04. The van der Waals surface area contributed by atoms with Gasteiger partial charge < -0.3 is 5.32 Å². The number of carbonyl (C=O) groups excluding carboxylic acids is 1. The molecule has 0 saturated carbocycles. The molecule has 7 nitrogen and oxygen atoms in total. The Bertz CT molecular complexity index is 1020. The van der Waals surface area contributed by atoms with Gasteiger partial charge in [-0.25, -0.2) is 4.68 Å². The molecule has 0 aliphatic carbocycles. The first kappa shape index (κ1) is 18.6. The van der Waals surface area contributed by atoms with Crippen LogP contribution in [0, 0.1) is 24.0 Å². The molecular weight excluding hydrogens is 368 g/mol. The zero-order chi connectivity index (χ0) is 19.6. The molecule has 3 aromatic rings. The number of nitrogens with zero attached hydrogens (tertiary/aromatic N) is 3.